The molecule has 0 aromatic heterocycles. The fraction of sp³-hybridized carbons (Fsp3) is 0.367. The van der Waals surface area contributed by atoms with Gasteiger partial charge in [-0.05, 0) is 56.6 Å². The minimum absolute atomic E-state index is 0.0122. The zero-order valence-corrected chi connectivity index (χ0v) is 23.3. The van der Waals surface area contributed by atoms with Gasteiger partial charge in [0.1, 0.15) is 22.8 Å². The van der Waals surface area contributed by atoms with Gasteiger partial charge < -0.3 is 36.4 Å². The lowest BCUT2D eigenvalue weighted by Crippen LogP contribution is -2.63. The Morgan fingerprint density at radius 3 is 2.34 bits per heavy atom. The molecule has 0 fully saturated rings. The van der Waals surface area contributed by atoms with Crippen LogP contribution in [0.3, 0.4) is 0 Å². The number of phenolic OH excluding ortho intramolecular Hbond substituents is 1. The van der Waals surface area contributed by atoms with E-state index in [4.69, 9.17) is 5.73 Å². The third kappa shape index (κ3) is 4.15. The maximum atomic E-state index is 14.1. The van der Waals surface area contributed by atoms with Gasteiger partial charge in [-0.3, -0.25) is 19.3 Å². The molecule has 0 saturated carbocycles. The molecule has 0 saturated heterocycles. The maximum Gasteiger partial charge on any atom is 0.255 e. The van der Waals surface area contributed by atoms with E-state index in [-0.39, 0.29) is 36.3 Å². The van der Waals surface area contributed by atoms with Crippen molar-refractivity contribution in [2.75, 3.05) is 38.4 Å². The van der Waals surface area contributed by atoms with Gasteiger partial charge in [-0.1, -0.05) is 18.2 Å². The van der Waals surface area contributed by atoms with Gasteiger partial charge in [0, 0.05) is 49.1 Å². The molecule has 0 aliphatic heterocycles. The van der Waals surface area contributed by atoms with Crippen LogP contribution < -0.4 is 16.0 Å². The van der Waals surface area contributed by atoms with Crippen molar-refractivity contribution in [3.8, 4) is 5.75 Å². The predicted molar refractivity (Wildman–Crippen MR) is 152 cm³/mol. The number of ketones is 2. The lowest BCUT2D eigenvalue weighted by Gasteiger charge is -2.50. The Bertz CT molecular complexity index is 1530. The number of para-hydroxylation sites is 1. The SMILES string of the molecule is CN(C)c1cc(CNc2ccccc2)c(O)c2c1C[C@H]1C[C@H]3C(N(C)C)C(O)=C(C(N)=O)C(=O)C3(O)C(O)=C1C2=O. The van der Waals surface area contributed by atoms with Crippen molar-refractivity contribution >= 4 is 28.8 Å². The Labute approximate surface area is 237 Å². The van der Waals surface area contributed by atoms with E-state index in [1.165, 1.54) is 4.90 Å². The topological polar surface area (TPSA) is 177 Å². The number of rotatable bonds is 6. The number of primary amides is 1. The predicted octanol–water partition coefficient (Wildman–Crippen LogP) is 1.80. The third-order valence-electron chi connectivity index (χ3n) is 8.52. The van der Waals surface area contributed by atoms with Crippen LogP contribution in [0.1, 0.15) is 27.9 Å². The monoisotopic (exact) mass is 562 g/mol. The number of carbonyl (C=O) groups is 3. The van der Waals surface area contributed by atoms with E-state index in [1.54, 1.807) is 14.1 Å². The number of likely N-dealkylation sites (N-methyl/N-ethyl adjacent to an activating group) is 1. The molecular formula is C30H34N4O7. The van der Waals surface area contributed by atoms with Crippen molar-refractivity contribution < 1.29 is 34.8 Å². The van der Waals surface area contributed by atoms with Crippen molar-refractivity contribution in [2.45, 2.75) is 31.0 Å². The molecule has 0 spiro atoms. The molecule has 0 heterocycles. The van der Waals surface area contributed by atoms with Crippen LogP contribution >= 0.6 is 0 Å². The van der Waals surface area contributed by atoms with Crippen LogP contribution in [-0.2, 0) is 22.6 Å². The number of amides is 1. The molecule has 2 aromatic rings. The Hall–Kier alpha value is -4.35. The van der Waals surface area contributed by atoms with Crippen molar-refractivity contribution in [3.63, 3.8) is 0 Å². The second kappa shape index (κ2) is 9.93. The number of aliphatic hydroxyl groups is 3. The van der Waals surface area contributed by atoms with Crippen molar-refractivity contribution in [2.24, 2.45) is 17.6 Å². The molecule has 3 aliphatic rings. The number of hydrogen-bond acceptors (Lipinski definition) is 10. The average Bonchev–Trinajstić information content (AvgIpc) is 2.90. The molecule has 0 radical (unpaired) electrons. The molecule has 41 heavy (non-hydrogen) atoms. The van der Waals surface area contributed by atoms with Crippen molar-refractivity contribution in [1.82, 2.24) is 4.90 Å². The van der Waals surface area contributed by atoms with Crippen LogP contribution in [0.2, 0.25) is 0 Å². The molecule has 0 bridgehead atoms. The molecule has 216 valence electrons. The number of hydrogen-bond donors (Lipinski definition) is 6. The number of aromatic hydroxyl groups is 1. The minimum Gasteiger partial charge on any atom is -0.510 e. The fourth-order valence-electron chi connectivity index (χ4n) is 6.64. The second-order valence-corrected chi connectivity index (χ2v) is 11.3. The summed E-state index contributed by atoms with van der Waals surface area (Å²) < 4.78 is 0. The molecule has 5 rings (SSSR count). The summed E-state index contributed by atoms with van der Waals surface area (Å²) in [4.78, 5) is 43.1. The van der Waals surface area contributed by atoms with Crippen LogP contribution in [0.15, 0.2) is 59.1 Å². The highest BCUT2D eigenvalue weighted by Gasteiger charge is 2.63. The number of phenols is 1. The maximum absolute atomic E-state index is 14.1. The van der Waals surface area contributed by atoms with Crippen molar-refractivity contribution in [3.05, 3.63) is 75.8 Å². The number of nitrogens with two attached hydrogens (primary N) is 1. The summed E-state index contributed by atoms with van der Waals surface area (Å²) in [7, 11) is 6.84. The zero-order chi connectivity index (χ0) is 30.0. The summed E-state index contributed by atoms with van der Waals surface area (Å²) in [6, 6.07) is 10.1. The Morgan fingerprint density at radius 1 is 1.10 bits per heavy atom. The van der Waals surface area contributed by atoms with E-state index in [2.05, 4.69) is 5.32 Å². The minimum atomic E-state index is -2.67. The number of allylic oxidation sites excluding steroid dienone is 1. The van der Waals surface area contributed by atoms with E-state index in [0.717, 1.165) is 5.69 Å². The van der Waals surface area contributed by atoms with Crippen LogP contribution in [0.4, 0.5) is 11.4 Å². The standard InChI is InChI=1S/C30H34N4O7/c1-33(2)19-12-15(13-32-16-8-6-5-7-9-16)24(35)21-17(19)10-14-11-18-23(34(3)4)26(37)22(29(31)40)28(39)30(18,41)27(38)20(14)25(21)36/h5-9,12,14,18,23,32,35,37-38,41H,10-11,13H2,1-4H3,(H2,31,40)/t14-,18-,23?,30?/m0/s1. The normalized spacial score (nSPS) is 25.6. The quantitative estimate of drug-likeness (QED) is 0.285. The van der Waals surface area contributed by atoms with Gasteiger partial charge in [0.05, 0.1) is 11.6 Å². The Kier molecular flexibility index (Phi) is 6.83. The van der Waals surface area contributed by atoms with Crippen LogP contribution in [0.5, 0.6) is 5.75 Å². The van der Waals surface area contributed by atoms with Crippen LogP contribution in [0, 0.1) is 11.8 Å². The first-order chi connectivity index (χ1) is 19.3. The number of fused-ring (bicyclic) bond motifs is 3. The summed E-state index contributed by atoms with van der Waals surface area (Å²) >= 11 is 0. The zero-order valence-electron chi connectivity index (χ0n) is 23.3. The number of anilines is 2. The number of nitrogens with one attached hydrogen (secondary N) is 1. The molecule has 2 aromatic carbocycles. The van der Waals surface area contributed by atoms with E-state index >= 15 is 0 Å². The lowest BCUT2D eigenvalue weighted by molar-refractivity contribution is -0.148. The average molecular weight is 563 g/mol. The highest BCUT2D eigenvalue weighted by atomic mass is 16.3. The Balaban J connectivity index is 1.66. The lowest BCUT2D eigenvalue weighted by atomic mass is 9.58. The van der Waals surface area contributed by atoms with E-state index in [9.17, 15) is 34.8 Å². The molecule has 11 heteroatoms. The molecule has 11 nitrogen and oxygen atoms in total. The summed E-state index contributed by atoms with van der Waals surface area (Å²) in [5.74, 6) is -6.66. The summed E-state index contributed by atoms with van der Waals surface area (Å²) in [5.41, 5.74) is 4.25. The van der Waals surface area contributed by atoms with Gasteiger partial charge in [0.25, 0.3) is 5.91 Å². The first-order valence-corrected chi connectivity index (χ1v) is 13.3. The molecular weight excluding hydrogens is 528 g/mol. The van der Waals surface area contributed by atoms with Gasteiger partial charge in [0.15, 0.2) is 11.4 Å². The molecule has 3 aliphatic carbocycles. The fourth-order valence-corrected chi connectivity index (χ4v) is 6.64. The molecule has 4 atom stereocenters. The third-order valence-corrected chi connectivity index (χ3v) is 8.52. The highest BCUT2D eigenvalue weighted by Crippen LogP contribution is 2.53. The number of nitrogens with zero attached hydrogens (tertiary/aromatic N) is 2. The largest absolute Gasteiger partial charge is 0.510 e. The number of carbonyl (C=O) groups excluding carboxylic acids is 3. The van der Waals surface area contributed by atoms with Gasteiger partial charge in [0.2, 0.25) is 5.78 Å². The van der Waals surface area contributed by atoms with Gasteiger partial charge in [-0.15, -0.1) is 0 Å². The Morgan fingerprint density at radius 2 is 1.76 bits per heavy atom. The highest BCUT2D eigenvalue weighted by molar-refractivity contribution is 6.25. The molecule has 1 amide bonds. The van der Waals surface area contributed by atoms with Crippen molar-refractivity contribution in [1.29, 1.82) is 0 Å². The van der Waals surface area contributed by atoms with E-state index in [1.807, 2.05) is 55.4 Å². The molecule has 2 unspecified atom stereocenters. The summed E-state index contributed by atoms with van der Waals surface area (Å²) in [6.07, 6.45) is 0.263. The van der Waals surface area contributed by atoms with E-state index in [0.29, 0.717) is 16.8 Å². The summed E-state index contributed by atoms with van der Waals surface area (Å²) in [6.45, 7) is 0.201. The molecule has 7 N–H and O–H groups in total. The van der Waals surface area contributed by atoms with Crippen LogP contribution in [-0.4, -0.2) is 82.6 Å². The number of benzene rings is 2. The first-order valence-electron chi connectivity index (χ1n) is 13.3. The van der Waals surface area contributed by atoms with Gasteiger partial charge in [-0.2, -0.15) is 0 Å². The summed E-state index contributed by atoms with van der Waals surface area (Å²) in [5, 5.41) is 48.8. The van der Waals surface area contributed by atoms with Crippen LogP contribution in [0.25, 0.3) is 0 Å². The van der Waals surface area contributed by atoms with Gasteiger partial charge >= 0.3 is 0 Å². The number of Topliss-reactive ketones (excluding diaryl/α,β-unsaturated/α-hetero) is 2. The number of aliphatic hydroxyl groups excluding tert-OH is 2. The second-order valence-electron chi connectivity index (χ2n) is 11.3. The van der Waals surface area contributed by atoms with Gasteiger partial charge in [-0.25, -0.2) is 0 Å². The smallest absolute Gasteiger partial charge is 0.255 e. The van der Waals surface area contributed by atoms with E-state index < -0.39 is 58.0 Å². The first kappa shape index (κ1) is 28.2.